The summed E-state index contributed by atoms with van der Waals surface area (Å²) in [5.41, 5.74) is 0. The van der Waals surface area contributed by atoms with Crippen molar-refractivity contribution in [2.24, 2.45) is 0 Å². The lowest BCUT2D eigenvalue weighted by Crippen LogP contribution is -2.61. The summed E-state index contributed by atoms with van der Waals surface area (Å²) in [5.74, 6) is -1.21. The van der Waals surface area contributed by atoms with E-state index in [4.69, 9.17) is 14.2 Å². The Balaban J connectivity index is 2.62. The molecule has 87 heavy (non-hydrogen) atoms. The number of amides is 1. The molecule has 0 aliphatic carbocycles. The molecule has 1 heterocycles. The molecule has 11 nitrogen and oxygen atoms in total. The number of ether oxygens (including phenoxy) is 3. The second kappa shape index (κ2) is 62.5. The number of aliphatic hydroxyl groups is 5. The maximum atomic E-state index is 13.5. The Morgan fingerprint density at radius 1 is 0.460 bits per heavy atom. The molecule has 0 aromatic heterocycles. The monoisotopic (exact) mass is 1220 g/mol. The zero-order valence-electron chi connectivity index (χ0n) is 55.6. The number of hydrogen-bond acceptors (Lipinski definition) is 10. The zero-order valence-corrected chi connectivity index (χ0v) is 55.6. The van der Waals surface area contributed by atoms with Crippen molar-refractivity contribution >= 4 is 11.9 Å². The molecular formula is C76H131NO10. The van der Waals surface area contributed by atoms with E-state index in [1.807, 2.05) is 6.08 Å². The fraction of sp³-hybridized carbons (Fsp3) is 0.737. The molecule has 11 heteroatoms. The summed E-state index contributed by atoms with van der Waals surface area (Å²) < 4.78 is 17.7. The van der Waals surface area contributed by atoms with Crippen LogP contribution in [0.4, 0.5) is 0 Å². The lowest BCUT2D eigenvalue weighted by Gasteiger charge is -2.41. The highest BCUT2D eigenvalue weighted by atomic mass is 16.7. The van der Waals surface area contributed by atoms with E-state index >= 15 is 0 Å². The Bertz CT molecular complexity index is 1830. The number of hydrogen-bond donors (Lipinski definition) is 6. The number of esters is 1. The largest absolute Gasteiger partial charge is 0.454 e. The summed E-state index contributed by atoms with van der Waals surface area (Å²) in [5, 5.41) is 57.3. The van der Waals surface area contributed by atoms with Crippen molar-refractivity contribution in [2.45, 2.75) is 346 Å². The van der Waals surface area contributed by atoms with Crippen molar-refractivity contribution in [1.82, 2.24) is 5.32 Å². The van der Waals surface area contributed by atoms with Crippen LogP contribution in [-0.4, -0.2) is 99.6 Å². The molecule has 0 bridgehead atoms. The van der Waals surface area contributed by atoms with Crippen LogP contribution in [0.15, 0.2) is 109 Å². The lowest BCUT2D eigenvalue weighted by molar-refractivity contribution is -0.305. The highest BCUT2D eigenvalue weighted by molar-refractivity contribution is 5.80. The molecule has 1 rings (SSSR count). The summed E-state index contributed by atoms with van der Waals surface area (Å²) >= 11 is 0. The van der Waals surface area contributed by atoms with Gasteiger partial charge in [0.2, 0.25) is 5.91 Å². The van der Waals surface area contributed by atoms with E-state index in [9.17, 15) is 35.1 Å². The maximum absolute atomic E-state index is 13.5. The van der Waals surface area contributed by atoms with Gasteiger partial charge in [0.15, 0.2) is 12.4 Å². The van der Waals surface area contributed by atoms with Crippen molar-refractivity contribution in [3.63, 3.8) is 0 Å². The van der Waals surface area contributed by atoms with Gasteiger partial charge in [0, 0.05) is 6.42 Å². The Labute approximate surface area is 532 Å². The first-order chi connectivity index (χ1) is 42.7. The molecule has 0 aromatic carbocycles. The molecule has 1 aliphatic rings. The molecule has 8 unspecified atom stereocenters. The highest BCUT2D eigenvalue weighted by Gasteiger charge is 2.47. The number of unbranched alkanes of at least 4 members (excludes halogenated alkanes) is 30. The van der Waals surface area contributed by atoms with Crippen molar-refractivity contribution in [1.29, 1.82) is 0 Å². The van der Waals surface area contributed by atoms with E-state index in [1.54, 1.807) is 6.08 Å². The second-order valence-corrected chi connectivity index (χ2v) is 24.2. The van der Waals surface area contributed by atoms with Gasteiger partial charge in [-0.15, -0.1) is 0 Å². The molecule has 6 N–H and O–H groups in total. The zero-order chi connectivity index (χ0) is 63.1. The van der Waals surface area contributed by atoms with Gasteiger partial charge in [-0.05, 0) is 109 Å². The standard InChI is InChI=1S/C76H131NO10/c1-4-7-10-13-16-19-22-25-27-29-31-33-34-35-37-38-40-42-45-48-51-54-57-60-63-69(80)75(84)77-67(68(79)62-59-56-53-50-47-44-24-21-18-15-12-9-6-3)66-85-76-74(73(83)72(82)70(65-78)86-76)87-71(81)64-61-58-55-52-49-46-43-41-39-36-32-30-28-26-23-20-17-14-11-8-5-2/h7,10,16-17,19-20,25-28,31,33,35,37,40,42,59,62,67-70,72-74,76,78-80,82-83H,4-6,8-9,11-15,18,21-24,29-30,32,34,36,38-39,41,43-58,60-61,63-66H2,1-3H3,(H,77,84)/b10-7-,19-16-,20-17-,27-25-,28-26-,33-31-,37-35-,42-40-,62-59+. The van der Waals surface area contributed by atoms with E-state index in [2.05, 4.69) is 123 Å². The Morgan fingerprint density at radius 2 is 0.828 bits per heavy atom. The van der Waals surface area contributed by atoms with Crippen molar-refractivity contribution in [2.75, 3.05) is 13.2 Å². The van der Waals surface area contributed by atoms with Gasteiger partial charge < -0.3 is 45.1 Å². The first-order valence-corrected chi connectivity index (χ1v) is 35.7. The topological polar surface area (TPSA) is 175 Å². The van der Waals surface area contributed by atoms with Gasteiger partial charge in [0.25, 0.3) is 0 Å². The number of nitrogens with one attached hydrogen (secondary N) is 1. The average Bonchev–Trinajstić information content (AvgIpc) is 1.53. The van der Waals surface area contributed by atoms with Gasteiger partial charge in [0.1, 0.15) is 24.4 Å². The van der Waals surface area contributed by atoms with Gasteiger partial charge in [-0.25, -0.2) is 0 Å². The SMILES string of the molecule is CC/C=C\C/C=C\C/C=C\C/C=C\C/C=C\C/C=C\CCCCCCCC(O)C(=O)NC(COC1OC(CO)C(O)C(O)C1OC(=O)CCCCCCCCCCCCC/C=C\C/C=C\CCCCC)C(O)/C=C/CCCCCCCCCCCCC. The summed E-state index contributed by atoms with van der Waals surface area (Å²) in [6, 6.07) is -1.04. The number of carbonyl (C=O) groups is 2. The van der Waals surface area contributed by atoms with Crippen LogP contribution in [0.1, 0.15) is 297 Å². The predicted molar refractivity (Wildman–Crippen MR) is 365 cm³/mol. The van der Waals surface area contributed by atoms with Crippen molar-refractivity contribution in [3.05, 3.63) is 109 Å². The molecule has 1 saturated heterocycles. The maximum Gasteiger partial charge on any atom is 0.306 e. The quantitative estimate of drug-likeness (QED) is 0.0195. The molecule has 8 atom stereocenters. The first-order valence-electron chi connectivity index (χ1n) is 35.7. The molecule has 0 aromatic rings. The smallest absolute Gasteiger partial charge is 0.306 e. The fourth-order valence-corrected chi connectivity index (χ4v) is 10.6. The Hall–Kier alpha value is -3.68. The Kier molecular flexibility index (Phi) is 58.4. The van der Waals surface area contributed by atoms with Crippen LogP contribution in [0.3, 0.4) is 0 Å². The van der Waals surface area contributed by atoms with Crippen LogP contribution in [0.2, 0.25) is 0 Å². The number of aliphatic hydroxyl groups excluding tert-OH is 5. The minimum atomic E-state index is -1.62. The van der Waals surface area contributed by atoms with E-state index in [0.717, 1.165) is 116 Å². The fourth-order valence-electron chi connectivity index (χ4n) is 10.6. The van der Waals surface area contributed by atoms with Crippen LogP contribution in [0.25, 0.3) is 0 Å². The molecule has 1 amide bonds. The summed E-state index contributed by atoms with van der Waals surface area (Å²) in [6.45, 7) is 5.67. The van der Waals surface area contributed by atoms with Crippen LogP contribution in [0, 0.1) is 0 Å². The van der Waals surface area contributed by atoms with Gasteiger partial charge in [-0.3, -0.25) is 9.59 Å². The van der Waals surface area contributed by atoms with Crippen LogP contribution in [0.5, 0.6) is 0 Å². The second-order valence-electron chi connectivity index (χ2n) is 24.2. The number of rotatable bonds is 60. The third-order valence-electron chi connectivity index (χ3n) is 16.2. The van der Waals surface area contributed by atoms with Gasteiger partial charge in [-0.2, -0.15) is 0 Å². The minimum Gasteiger partial charge on any atom is -0.454 e. The summed E-state index contributed by atoms with van der Waals surface area (Å²) in [4.78, 5) is 26.7. The Morgan fingerprint density at radius 3 is 1.26 bits per heavy atom. The van der Waals surface area contributed by atoms with E-state index in [0.29, 0.717) is 12.8 Å². The highest BCUT2D eigenvalue weighted by Crippen LogP contribution is 2.26. The first kappa shape index (κ1) is 81.3. The van der Waals surface area contributed by atoms with E-state index < -0.39 is 67.4 Å². The van der Waals surface area contributed by atoms with Crippen molar-refractivity contribution < 1.29 is 49.3 Å². The number of allylic oxidation sites excluding steroid dienone is 17. The molecule has 0 radical (unpaired) electrons. The van der Waals surface area contributed by atoms with Gasteiger partial charge in [0.05, 0.1) is 25.4 Å². The van der Waals surface area contributed by atoms with Crippen molar-refractivity contribution in [3.8, 4) is 0 Å². The summed E-state index contributed by atoms with van der Waals surface area (Å²) in [7, 11) is 0. The summed E-state index contributed by atoms with van der Waals surface area (Å²) in [6.07, 6.45) is 75.4. The van der Waals surface area contributed by atoms with Crippen LogP contribution >= 0.6 is 0 Å². The molecule has 1 fully saturated rings. The molecule has 1 aliphatic heterocycles. The third-order valence-corrected chi connectivity index (χ3v) is 16.2. The molecule has 500 valence electrons. The van der Waals surface area contributed by atoms with E-state index in [1.165, 1.54) is 135 Å². The number of carbonyl (C=O) groups excluding carboxylic acids is 2. The lowest BCUT2D eigenvalue weighted by atomic mass is 9.99. The normalized spacial score (nSPS) is 18.9. The molecule has 0 saturated carbocycles. The van der Waals surface area contributed by atoms with Crippen LogP contribution in [-0.2, 0) is 23.8 Å². The average molecular weight is 1220 g/mol. The van der Waals surface area contributed by atoms with Gasteiger partial charge in [-0.1, -0.05) is 291 Å². The van der Waals surface area contributed by atoms with Crippen LogP contribution < -0.4 is 5.32 Å². The molecule has 0 spiro atoms. The van der Waals surface area contributed by atoms with Gasteiger partial charge >= 0.3 is 5.97 Å². The third kappa shape index (κ3) is 49.7. The predicted octanol–water partition coefficient (Wildman–Crippen LogP) is 18.4. The molecular weight excluding hydrogens is 1090 g/mol. The van der Waals surface area contributed by atoms with E-state index in [-0.39, 0.29) is 19.4 Å². The minimum absolute atomic E-state index is 0.115.